The Hall–Kier alpha value is -2.51. The molecule has 0 fully saturated rings. The predicted molar refractivity (Wildman–Crippen MR) is 117 cm³/mol. The first-order valence-corrected chi connectivity index (χ1v) is 10.2. The number of carbonyl (C=O) groups excluding carboxylic acids is 2. The number of ether oxygens (including phenoxy) is 1. The zero-order chi connectivity index (χ0) is 25.1. The van der Waals surface area contributed by atoms with Gasteiger partial charge in [0.05, 0.1) is 18.0 Å². The van der Waals surface area contributed by atoms with Crippen molar-refractivity contribution < 1.29 is 21.2 Å². The lowest BCUT2D eigenvalue weighted by molar-refractivity contribution is -0.118. The number of carbonyl (C=O) groups is 2. The summed E-state index contributed by atoms with van der Waals surface area (Å²) >= 11 is 1.50. The van der Waals surface area contributed by atoms with E-state index >= 15 is 0 Å². The lowest BCUT2D eigenvalue weighted by Crippen LogP contribution is -2.33. The smallest absolute Gasteiger partial charge is 0.411 e. The highest BCUT2D eigenvalue weighted by molar-refractivity contribution is 7.99. The molecule has 0 atom stereocenters. The molecule has 2 amide bonds. The average Bonchev–Trinajstić information content (AvgIpc) is 2.77. The van der Waals surface area contributed by atoms with Gasteiger partial charge in [0.2, 0.25) is 5.91 Å². The molecule has 0 bridgehead atoms. The van der Waals surface area contributed by atoms with Crippen LogP contribution in [0, 0.1) is 0 Å². The molecule has 0 radical (unpaired) electrons. The topological polar surface area (TPSA) is 61.9 Å². The third kappa shape index (κ3) is 4.92. The van der Waals surface area contributed by atoms with Gasteiger partial charge in [0.1, 0.15) is 0 Å². The van der Waals surface area contributed by atoms with Crippen molar-refractivity contribution >= 4 is 40.8 Å². The lowest BCUT2D eigenvalue weighted by Gasteiger charge is -2.32. The molecule has 2 aromatic carbocycles. The maximum absolute atomic E-state index is 13.5. The largest absolute Gasteiger partial charge is 0.450 e. The molecule has 3 rings (SSSR count). The second kappa shape index (κ2) is 9.80. The van der Waals surface area contributed by atoms with Crippen LogP contribution in [0.1, 0.15) is 34.0 Å². The number of benzene rings is 2. The van der Waals surface area contributed by atoms with Crippen molar-refractivity contribution in [3.63, 3.8) is 0 Å². The molecule has 29 heavy (non-hydrogen) atoms. The van der Waals surface area contributed by atoms with Crippen molar-refractivity contribution in [2.45, 2.75) is 36.9 Å². The molecule has 6 nitrogen and oxygen atoms in total. The summed E-state index contributed by atoms with van der Waals surface area (Å²) in [6, 6.07) is 12.6. The molecule has 0 aromatic heterocycles. The molecular formula is C22H27N3O3S. The summed E-state index contributed by atoms with van der Waals surface area (Å²) in [7, 11) is 0. The highest BCUT2D eigenvalue weighted by Crippen LogP contribution is 2.49. The van der Waals surface area contributed by atoms with Crippen LogP contribution in [0.2, 0.25) is 0 Å². The second-order valence-electron chi connectivity index (χ2n) is 6.27. The number of hydrogen-bond acceptors (Lipinski definition) is 5. The summed E-state index contributed by atoms with van der Waals surface area (Å²) in [6.45, 7) is -1.76. The third-order valence-corrected chi connectivity index (χ3v) is 5.56. The Morgan fingerprint density at radius 1 is 1.21 bits per heavy atom. The van der Waals surface area contributed by atoms with E-state index in [2.05, 4.69) is 5.32 Å². The fraction of sp³-hybridized carbons (Fsp3) is 0.364. The van der Waals surface area contributed by atoms with E-state index < -0.39 is 19.4 Å². The summed E-state index contributed by atoms with van der Waals surface area (Å²) in [5.74, 6) is -0.318. The summed E-state index contributed by atoms with van der Waals surface area (Å²) in [5.41, 5.74) is 1.70. The van der Waals surface area contributed by atoms with Crippen LogP contribution in [0.3, 0.4) is 0 Å². The van der Waals surface area contributed by atoms with Gasteiger partial charge in [-0.2, -0.15) is 0 Å². The highest BCUT2D eigenvalue weighted by Gasteiger charge is 2.28. The minimum absolute atomic E-state index is 0.0668. The van der Waals surface area contributed by atoms with Crippen LogP contribution in [0.25, 0.3) is 0 Å². The van der Waals surface area contributed by atoms with Crippen LogP contribution < -0.4 is 10.2 Å². The summed E-state index contributed by atoms with van der Waals surface area (Å²) in [5, 5.41) is 2.64. The first-order valence-electron chi connectivity index (χ1n) is 11.9. The molecule has 0 spiro atoms. The molecule has 2 aromatic rings. The van der Waals surface area contributed by atoms with Crippen molar-refractivity contribution in [3.8, 4) is 0 Å². The van der Waals surface area contributed by atoms with Crippen LogP contribution in [0.5, 0.6) is 0 Å². The van der Waals surface area contributed by atoms with Crippen LogP contribution in [-0.4, -0.2) is 43.1 Å². The Balaban J connectivity index is 1.91. The van der Waals surface area contributed by atoms with E-state index in [9.17, 15) is 9.59 Å². The van der Waals surface area contributed by atoms with E-state index in [0.29, 0.717) is 17.1 Å². The predicted octanol–water partition coefficient (Wildman–Crippen LogP) is 5.12. The Morgan fingerprint density at radius 3 is 2.76 bits per heavy atom. The normalized spacial score (nSPS) is 15.8. The minimum atomic E-state index is -2.85. The second-order valence-corrected chi connectivity index (χ2v) is 7.35. The monoisotopic (exact) mass is 418 g/mol. The van der Waals surface area contributed by atoms with Gasteiger partial charge < -0.3 is 9.64 Å². The van der Waals surface area contributed by atoms with Crippen LogP contribution in [0.4, 0.5) is 21.9 Å². The minimum Gasteiger partial charge on any atom is -0.450 e. The van der Waals surface area contributed by atoms with Crippen molar-refractivity contribution in [2.24, 2.45) is 0 Å². The van der Waals surface area contributed by atoms with Crippen molar-refractivity contribution in [1.82, 2.24) is 4.90 Å². The number of amides is 2. The van der Waals surface area contributed by atoms with Crippen molar-refractivity contribution in [2.75, 3.05) is 36.4 Å². The van der Waals surface area contributed by atoms with Gasteiger partial charge >= 0.3 is 6.09 Å². The maximum atomic E-state index is 13.5. The number of hydrogen-bond donors (Lipinski definition) is 1. The van der Waals surface area contributed by atoms with Gasteiger partial charge in [-0.3, -0.25) is 15.0 Å². The van der Waals surface area contributed by atoms with E-state index in [-0.39, 0.29) is 32.0 Å². The first-order chi connectivity index (χ1) is 16.0. The SMILES string of the molecule is [2H]C([2H])([2H])C([2H])([2H])N(CC)CCC(=O)N1c2ccccc2Sc2ccc(NC(=O)OCC)cc21. The average molecular weight is 419 g/mol. The molecule has 0 saturated carbocycles. The fourth-order valence-electron chi connectivity index (χ4n) is 3.02. The van der Waals surface area contributed by atoms with E-state index in [1.165, 1.54) is 16.7 Å². The van der Waals surface area contributed by atoms with Gasteiger partial charge in [-0.15, -0.1) is 0 Å². The third-order valence-electron chi connectivity index (χ3n) is 4.43. The fourth-order valence-corrected chi connectivity index (χ4v) is 4.06. The lowest BCUT2D eigenvalue weighted by atomic mass is 10.2. The zero-order valence-corrected chi connectivity index (χ0v) is 17.2. The van der Waals surface area contributed by atoms with Gasteiger partial charge in [0.25, 0.3) is 0 Å². The van der Waals surface area contributed by atoms with Crippen LogP contribution >= 0.6 is 11.8 Å². The molecule has 0 saturated heterocycles. The van der Waals surface area contributed by atoms with Gasteiger partial charge in [0, 0.05) is 35.3 Å². The quantitative estimate of drug-likeness (QED) is 0.676. The molecule has 1 aliphatic heterocycles. The Bertz CT molecular complexity index is 1060. The molecule has 1 heterocycles. The number of para-hydroxylation sites is 1. The Labute approximate surface area is 183 Å². The molecule has 0 aliphatic carbocycles. The summed E-state index contributed by atoms with van der Waals surface area (Å²) in [6.07, 6.45) is -0.702. The number of nitrogens with one attached hydrogen (secondary N) is 1. The number of anilines is 3. The van der Waals surface area contributed by atoms with Gasteiger partial charge in [-0.25, -0.2) is 4.79 Å². The van der Waals surface area contributed by atoms with Gasteiger partial charge in [-0.05, 0) is 50.3 Å². The standard InChI is InChI=1S/C22H27N3O3S/c1-4-24(5-2)14-13-21(26)25-17-9-7-8-10-19(17)29-20-12-11-16(15-18(20)25)23-22(27)28-6-3/h7-12,15H,4-6,13-14H2,1-3H3,(H,23,27)/i1D3,4D2. The van der Waals surface area contributed by atoms with Crippen LogP contribution in [-0.2, 0) is 9.53 Å². The van der Waals surface area contributed by atoms with Crippen molar-refractivity contribution in [3.05, 3.63) is 42.5 Å². The number of rotatable bonds is 7. The van der Waals surface area contributed by atoms with E-state index in [1.54, 1.807) is 26.0 Å². The summed E-state index contributed by atoms with van der Waals surface area (Å²) < 4.78 is 43.6. The van der Waals surface area contributed by atoms with E-state index in [4.69, 9.17) is 11.6 Å². The highest BCUT2D eigenvalue weighted by atomic mass is 32.2. The molecule has 1 aliphatic rings. The zero-order valence-electron chi connectivity index (χ0n) is 21.4. The molecule has 7 heteroatoms. The molecule has 154 valence electrons. The maximum Gasteiger partial charge on any atom is 0.411 e. The Morgan fingerprint density at radius 2 is 2.00 bits per heavy atom. The first kappa shape index (κ1) is 15.3. The molecular weight excluding hydrogens is 386 g/mol. The van der Waals surface area contributed by atoms with Gasteiger partial charge in [0.15, 0.2) is 0 Å². The van der Waals surface area contributed by atoms with E-state index in [0.717, 1.165) is 14.7 Å². The van der Waals surface area contributed by atoms with Gasteiger partial charge in [-0.1, -0.05) is 37.7 Å². The number of fused-ring (bicyclic) bond motifs is 2. The molecule has 0 unspecified atom stereocenters. The summed E-state index contributed by atoms with van der Waals surface area (Å²) in [4.78, 5) is 29.7. The van der Waals surface area contributed by atoms with E-state index in [1.807, 2.05) is 30.3 Å². The number of nitrogens with zero attached hydrogens (tertiary/aromatic N) is 2. The van der Waals surface area contributed by atoms with Crippen molar-refractivity contribution in [1.29, 1.82) is 0 Å². The Kier molecular flexibility index (Phi) is 5.19. The van der Waals surface area contributed by atoms with Crippen LogP contribution in [0.15, 0.2) is 52.3 Å². The molecule has 1 N–H and O–H groups in total.